The van der Waals surface area contributed by atoms with Crippen LogP contribution >= 0.6 is 12.2 Å². The molecule has 92 valence electrons. The van der Waals surface area contributed by atoms with Gasteiger partial charge < -0.3 is 9.88 Å². The van der Waals surface area contributed by atoms with Crippen LogP contribution in [-0.4, -0.2) is 10.5 Å². The van der Waals surface area contributed by atoms with E-state index in [2.05, 4.69) is 5.32 Å². The van der Waals surface area contributed by atoms with Crippen LogP contribution in [0.15, 0.2) is 42.6 Å². The molecule has 1 amide bonds. The van der Waals surface area contributed by atoms with Gasteiger partial charge in [-0.05, 0) is 36.8 Å². The summed E-state index contributed by atoms with van der Waals surface area (Å²) in [7, 11) is 0. The zero-order chi connectivity index (χ0) is 13.1. The smallest absolute Gasteiger partial charge is 0.221 e. The largest absolute Gasteiger partial charge is 0.326 e. The van der Waals surface area contributed by atoms with Gasteiger partial charge in [0.25, 0.3) is 0 Å². The molecule has 0 fully saturated rings. The van der Waals surface area contributed by atoms with Crippen LogP contribution in [0.1, 0.15) is 12.5 Å². The molecular formula is C14H14N2OS. The van der Waals surface area contributed by atoms with E-state index >= 15 is 0 Å². The lowest BCUT2D eigenvalue weighted by Crippen LogP contribution is -2.06. The SMILES string of the molecule is CC(=O)Nc1cccc(-n2cc(C)ccc2=S)c1. The molecule has 0 spiro atoms. The number of amides is 1. The molecule has 0 atom stereocenters. The third-order valence-corrected chi connectivity index (χ3v) is 2.84. The van der Waals surface area contributed by atoms with Crippen molar-refractivity contribution in [2.75, 3.05) is 5.32 Å². The number of pyridine rings is 1. The quantitative estimate of drug-likeness (QED) is 0.837. The molecule has 0 aliphatic rings. The first-order valence-corrected chi connectivity index (χ1v) is 6.04. The van der Waals surface area contributed by atoms with E-state index in [0.29, 0.717) is 0 Å². The normalized spacial score (nSPS) is 10.1. The first-order chi connectivity index (χ1) is 8.56. The number of benzene rings is 1. The maximum atomic E-state index is 11.0. The molecule has 18 heavy (non-hydrogen) atoms. The van der Waals surface area contributed by atoms with Crippen molar-refractivity contribution in [2.45, 2.75) is 13.8 Å². The molecule has 3 nitrogen and oxygen atoms in total. The Labute approximate surface area is 111 Å². The Kier molecular flexibility index (Phi) is 3.58. The number of carbonyl (C=O) groups is 1. The Bertz CT molecular complexity index is 646. The van der Waals surface area contributed by atoms with Gasteiger partial charge in [0, 0.05) is 24.5 Å². The maximum absolute atomic E-state index is 11.0. The highest BCUT2D eigenvalue weighted by atomic mass is 32.1. The van der Waals surface area contributed by atoms with Gasteiger partial charge in [-0.1, -0.05) is 24.4 Å². The van der Waals surface area contributed by atoms with Gasteiger partial charge in [-0.2, -0.15) is 0 Å². The summed E-state index contributed by atoms with van der Waals surface area (Å²) in [5.74, 6) is -0.0833. The highest BCUT2D eigenvalue weighted by Gasteiger charge is 2.00. The molecule has 4 heteroatoms. The summed E-state index contributed by atoms with van der Waals surface area (Å²) in [5.41, 5.74) is 2.84. The van der Waals surface area contributed by atoms with E-state index < -0.39 is 0 Å². The highest BCUT2D eigenvalue weighted by Crippen LogP contribution is 2.16. The summed E-state index contributed by atoms with van der Waals surface area (Å²) in [4.78, 5) is 11.0. The number of carbonyl (C=O) groups excluding carboxylic acids is 1. The van der Waals surface area contributed by atoms with Gasteiger partial charge in [-0.25, -0.2) is 0 Å². The van der Waals surface area contributed by atoms with Gasteiger partial charge in [-0.15, -0.1) is 0 Å². The fourth-order valence-electron chi connectivity index (χ4n) is 1.73. The average Bonchev–Trinajstić information content (AvgIpc) is 2.32. The van der Waals surface area contributed by atoms with Crippen LogP contribution in [0.4, 0.5) is 5.69 Å². The molecule has 1 aromatic carbocycles. The maximum Gasteiger partial charge on any atom is 0.221 e. The van der Waals surface area contributed by atoms with E-state index in [1.807, 2.05) is 54.1 Å². The molecule has 0 radical (unpaired) electrons. The van der Waals surface area contributed by atoms with Gasteiger partial charge >= 0.3 is 0 Å². The van der Waals surface area contributed by atoms with Gasteiger partial charge in [-0.3, -0.25) is 4.79 Å². The molecule has 1 N–H and O–H groups in total. The first kappa shape index (κ1) is 12.5. The Morgan fingerprint density at radius 3 is 2.78 bits per heavy atom. The number of rotatable bonds is 2. The lowest BCUT2D eigenvalue weighted by molar-refractivity contribution is -0.114. The van der Waals surface area contributed by atoms with Crippen LogP contribution in [0.2, 0.25) is 0 Å². The fourth-order valence-corrected chi connectivity index (χ4v) is 1.96. The standard InChI is InChI=1S/C14H14N2OS/c1-10-6-7-14(18)16(9-10)13-5-3-4-12(8-13)15-11(2)17/h3-9H,1-2H3,(H,15,17). The predicted octanol–water partition coefficient (Wildman–Crippen LogP) is 3.47. The van der Waals surface area contributed by atoms with Crippen LogP contribution in [-0.2, 0) is 4.79 Å². The van der Waals surface area contributed by atoms with Crippen LogP contribution in [0, 0.1) is 11.6 Å². The number of aromatic nitrogens is 1. The zero-order valence-electron chi connectivity index (χ0n) is 10.3. The number of hydrogen-bond donors (Lipinski definition) is 1. The summed E-state index contributed by atoms with van der Waals surface area (Å²) < 4.78 is 2.66. The number of aryl methyl sites for hydroxylation is 1. The molecule has 2 rings (SSSR count). The Morgan fingerprint density at radius 1 is 1.28 bits per heavy atom. The second-order valence-electron chi connectivity index (χ2n) is 4.15. The van der Waals surface area contributed by atoms with Crippen molar-refractivity contribution in [1.29, 1.82) is 0 Å². The summed E-state index contributed by atoms with van der Waals surface area (Å²) in [6.45, 7) is 3.51. The van der Waals surface area contributed by atoms with Gasteiger partial charge in [0.15, 0.2) is 0 Å². The summed E-state index contributed by atoms with van der Waals surface area (Å²) >= 11 is 5.30. The van der Waals surface area contributed by atoms with Crippen LogP contribution in [0.5, 0.6) is 0 Å². The second-order valence-corrected chi connectivity index (χ2v) is 4.56. The minimum atomic E-state index is -0.0833. The number of anilines is 1. The lowest BCUT2D eigenvalue weighted by Gasteiger charge is -2.10. The van der Waals surface area contributed by atoms with E-state index in [1.54, 1.807) is 0 Å². The molecule has 0 aliphatic heterocycles. The molecule has 0 saturated heterocycles. The minimum Gasteiger partial charge on any atom is -0.326 e. The van der Waals surface area contributed by atoms with Crippen molar-refractivity contribution >= 4 is 23.8 Å². The molecule has 0 unspecified atom stereocenters. The van der Waals surface area contributed by atoms with E-state index in [1.165, 1.54) is 6.92 Å². The van der Waals surface area contributed by atoms with E-state index in [0.717, 1.165) is 21.6 Å². The molecule has 1 aromatic heterocycles. The van der Waals surface area contributed by atoms with Crippen LogP contribution in [0.3, 0.4) is 0 Å². The molecular weight excluding hydrogens is 244 g/mol. The number of nitrogens with one attached hydrogen (secondary N) is 1. The minimum absolute atomic E-state index is 0.0833. The Morgan fingerprint density at radius 2 is 2.06 bits per heavy atom. The van der Waals surface area contributed by atoms with E-state index in [9.17, 15) is 4.79 Å². The van der Waals surface area contributed by atoms with Crippen LogP contribution < -0.4 is 5.32 Å². The molecule has 0 aliphatic carbocycles. The fraction of sp³-hybridized carbons (Fsp3) is 0.143. The van der Waals surface area contributed by atoms with Crippen molar-refractivity contribution in [3.63, 3.8) is 0 Å². The molecule has 2 aromatic rings. The van der Waals surface area contributed by atoms with Gasteiger partial charge in [0.1, 0.15) is 4.64 Å². The third kappa shape index (κ3) is 2.84. The lowest BCUT2D eigenvalue weighted by atomic mass is 10.2. The third-order valence-electron chi connectivity index (χ3n) is 2.50. The molecule has 1 heterocycles. The average molecular weight is 258 g/mol. The van der Waals surface area contributed by atoms with Crippen molar-refractivity contribution in [3.8, 4) is 5.69 Å². The van der Waals surface area contributed by atoms with E-state index in [-0.39, 0.29) is 5.91 Å². The van der Waals surface area contributed by atoms with Gasteiger partial charge in [0.2, 0.25) is 5.91 Å². The first-order valence-electron chi connectivity index (χ1n) is 5.63. The summed E-state index contributed by atoms with van der Waals surface area (Å²) in [6, 6.07) is 11.5. The second kappa shape index (κ2) is 5.14. The summed E-state index contributed by atoms with van der Waals surface area (Å²) in [5, 5.41) is 2.76. The Hall–Kier alpha value is -1.94. The zero-order valence-corrected chi connectivity index (χ0v) is 11.1. The topological polar surface area (TPSA) is 34.0 Å². The predicted molar refractivity (Wildman–Crippen MR) is 75.6 cm³/mol. The van der Waals surface area contributed by atoms with Gasteiger partial charge in [0.05, 0.1) is 0 Å². The Balaban J connectivity index is 2.47. The van der Waals surface area contributed by atoms with E-state index in [4.69, 9.17) is 12.2 Å². The molecule has 0 saturated carbocycles. The molecule has 0 bridgehead atoms. The van der Waals surface area contributed by atoms with Crippen molar-refractivity contribution in [2.24, 2.45) is 0 Å². The number of hydrogen-bond acceptors (Lipinski definition) is 2. The monoisotopic (exact) mass is 258 g/mol. The highest BCUT2D eigenvalue weighted by molar-refractivity contribution is 7.71. The van der Waals surface area contributed by atoms with Crippen molar-refractivity contribution in [1.82, 2.24) is 4.57 Å². The van der Waals surface area contributed by atoms with Crippen molar-refractivity contribution < 1.29 is 4.79 Å². The van der Waals surface area contributed by atoms with Crippen molar-refractivity contribution in [3.05, 3.63) is 52.8 Å². The van der Waals surface area contributed by atoms with Crippen LogP contribution in [0.25, 0.3) is 5.69 Å². The summed E-state index contributed by atoms with van der Waals surface area (Å²) in [6.07, 6.45) is 1.98. The number of nitrogens with zero attached hydrogens (tertiary/aromatic N) is 1.